The molecule has 1 aliphatic heterocycles. The van der Waals surface area contributed by atoms with Crippen LogP contribution in [0.25, 0.3) is 0 Å². The molecule has 0 bridgehead atoms. The lowest BCUT2D eigenvalue weighted by atomic mass is 10.1. The van der Waals surface area contributed by atoms with E-state index in [1.54, 1.807) is 0 Å². The van der Waals surface area contributed by atoms with E-state index in [0.29, 0.717) is 6.04 Å². The maximum absolute atomic E-state index is 3.32. The van der Waals surface area contributed by atoms with Crippen molar-refractivity contribution < 1.29 is 0 Å². The van der Waals surface area contributed by atoms with Crippen molar-refractivity contribution in [1.82, 2.24) is 15.1 Å². The largest absolute Gasteiger partial charge is 0.316 e. The van der Waals surface area contributed by atoms with E-state index >= 15 is 0 Å². The molecule has 3 nitrogen and oxygen atoms in total. The Labute approximate surface area is 100 Å². The monoisotopic (exact) mass is 225 g/mol. The maximum atomic E-state index is 3.32. The lowest BCUT2D eigenvalue weighted by Gasteiger charge is -2.38. The Kier molecular flexibility index (Phi) is 4.62. The third kappa shape index (κ3) is 3.19. The van der Waals surface area contributed by atoms with Crippen LogP contribution in [0.15, 0.2) is 0 Å². The Morgan fingerprint density at radius 2 is 1.75 bits per heavy atom. The maximum Gasteiger partial charge on any atom is 0.0163 e. The van der Waals surface area contributed by atoms with Gasteiger partial charge in [-0.25, -0.2) is 0 Å². The second kappa shape index (κ2) is 5.99. The highest BCUT2D eigenvalue weighted by atomic mass is 15.3. The van der Waals surface area contributed by atoms with Crippen LogP contribution < -0.4 is 5.32 Å². The Morgan fingerprint density at radius 3 is 2.31 bits per heavy atom. The third-order valence-corrected chi connectivity index (χ3v) is 4.27. The van der Waals surface area contributed by atoms with Gasteiger partial charge in [0.2, 0.25) is 0 Å². The number of rotatable bonds is 4. The van der Waals surface area contributed by atoms with Crippen LogP contribution in [0, 0.1) is 0 Å². The van der Waals surface area contributed by atoms with Crippen molar-refractivity contribution in [3.8, 4) is 0 Å². The number of hydrogen-bond acceptors (Lipinski definition) is 3. The molecular weight excluding hydrogens is 198 g/mol. The van der Waals surface area contributed by atoms with Crippen molar-refractivity contribution in [2.45, 2.75) is 44.7 Å². The van der Waals surface area contributed by atoms with Gasteiger partial charge in [-0.05, 0) is 26.8 Å². The molecule has 2 fully saturated rings. The number of likely N-dealkylation sites (N-methyl/N-ethyl adjacent to an activating group) is 1. The van der Waals surface area contributed by atoms with E-state index in [2.05, 4.69) is 29.1 Å². The summed E-state index contributed by atoms with van der Waals surface area (Å²) in [5, 5.41) is 3.32. The average molecular weight is 225 g/mol. The van der Waals surface area contributed by atoms with Gasteiger partial charge < -0.3 is 5.32 Å². The van der Waals surface area contributed by atoms with Gasteiger partial charge in [0.15, 0.2) is 0 Å². The molecule has 0 spiro atoms. The Morgan fingerprint density at radius 1 is 1.12 bits per heavy atom. The van der Waals surface area contributed by atoms with Gasteiger partial charge in [0.05, 0.1) is 0 Å². The van der Waals surface area contributed by atoms with Crippen LogP contribution in [0.2, 0.25) is 0 Å². The minimum atomic E-state index is 0.623. The van der Waals surface area contributed by atoms with Crippen molar-refractivity contribution in [3.63, 3.8) is 0 Å². The van der Waals surface area contributed by atoms with E-state index < -0.39 is 0 Å². The van der Waals surface area contributed by atoms with Crippen LogP contribution in [-0.2, 0) is 0 Å². The molecule has 0 amide bonds. The molecule has 0 aromatic heterocycles. The van der Waals surface area contributed by atoms with Crippen molar-refractivity contribution >= 4 is 0 Å². The van der Waals surface area contributed by atoms with Crippen LogP contribution in [0.5, 0.6) is 0 Å². The molecule has 1 heterocycles. The van der Waals surface area contributed by atoms with E-state index in [4.69, 9.17) is 0 Å². The fourth-order valence-electron chi connectivity index (χ4n) is 3.06. The second-order valence-electron chi connectivity index (χ2n) is 5.46. The smallest absolute Gasteiger partial charge is 0.0163 e. The van der Waals surface area contributed by atoms with E-state index in [-0.39, 0.29) is 0 Å². The molecule has 1 unspecified atom stereocenters. The summed E-state index contributed by atoms with van der Waals surface area (Å²) in [5.41, 5.74) is 0. The highest BCUT2D eigenvalue weighted by molar-refractivity contribution is 4.82. The Balaban J connectivity index is 1.69. The lowest BCUT2D eigenvalue weighted by molar-refractivity contribution is 0.0933. The Hall–Kier alpha value is -0.120. The first-order valence-corrected chi connectivity index (χ1v) is 6.93. The molecule has 0 radical (unpaired) electrons. The van der Waals surface area contributed by atoms with E-state index in [1.165, 1.54) is 58.4 Å². The molecular formula is C13H27N3. The van der Waals surface area contributed by atoms with Crippen LogP contribution >= 0.6 is 0 Å². The van der Waals surface area contributed by atoms with Gasteiger partial charge in [-0.2, -0.15) is 0 Å². The first-order chi connectivity index (χ1) is 7.79. The zero-order valence-corrected chi connectivity index (χ0v) is 10.9. The first kappa shape index (κ1) is 12.3. The topological polar surface area (TPSA) is 18.5 Å². The summed E-state index contributed by atoms with van der Waals surface area (Å²) in [5.74, 6) is 0. The summed E-state index contributed by atoms with van der Waals surface area (Å²) in [7, 11) is 2.06. The molecule has 3 heteroatoms. The van der Waals surface area contributed by atoms with Crippen LogP contribution in [0.1, 0.15) is 32.6 Å². The third-order valence-electron chi connectivity index (χ3n) is 4.27. The molecule has 2 rings (SSSR count). The summed E-state index contributed by atoms with van der Waals surface area (Å²) in [4.78, 5) is 5.33. The molecule has 2 aliphatic rings. The van der Waals surface area contributed by atoms with Crippen LogP contribution in [-0.4, -0.2) is 61.7 Å². The quantitative estimate of drug-likeness (QED) is 0.774. The SMILES string of the molecule is CNC(C)CN1CCN(C2CCCC2)CC1. The molecule has 1 aliphatic carbocycles. The molecule has 0 aromatic carbocycles. The van der Waals surface area contributed by atoms with E-state index in [1.807, 2.05) is 0 Å². The zero-order valence-electron chi connectivity index (χ0n) is 10.9. The Bertz CT molecular complexity index is 193. The average Bonchev–Trinajstić information content (AvgIpc) is 2.83. The molecule has 1 N–H and O–H groups in total. The normalized spacial score (nSPS) is 27.4. The molecule has 0 aromatic rings. The number of nitrogens with zero attached hydrogens (tertiary/aromatic N) is 2. The highest BCUT2D eigenvalue weighted by Gasteiger charge is 2.26. The number of piperazine rings is 1. The lowest BCUT2D eigenvalue weighted by Crippen LogP contribution is -2.52. The van der Waals surface area contributed by atoms with Gasteiger partial charge in [-0.15, -0.1) is 0 Å². The van der Waals surface area contributed by atoms with Crippen molar-refractivity contribution in [2.75, 3.05) is 39.8 Å². The van der Waals surface area contributed by atoms with E-state index in [9.17, 15) is 0 Å². The van der Waals surface area contributed by atoms with Gasteiger partial charge >= 0.3 is 0 Å². The van der Waals surface area contributed by atoms with Crippen LogP contribution in [0.4, 0.5) is 0 Å². The summed E-state index contributed by atoms with van der Waals surface area (Å²) in [6.07, 6.45) is 5.82. The van der Waals surface area contributed by atoms with Crippen LogP contribution in [0.3, 0.4) is 0 Å². The summed E-state index contributed by atoms with van der Waals surface area (Å²) in [6.45, 7) is 8.59. The van der Waals surface area contributed by atoms with Gasteiger partial charge in [0, 0.05) is 44.8 Å². The van der Waals surface area contributed by atoms with Gasteiger partial charge in [-0.1, -0.05) is 12.8 Å². The minimum absolute atomic E-state index is 0.623. The summed E-state index contributed by atoms with van der Waals surface area (Å²) < 4.78 is 0. The second-order valence-corrected chi connectivity index (χ2v) is 5.46. The number of nitrogens with one attached hydrogen (secondary N) is 1. The predicted octanol–water partition coefficient (Wildman–Crippen LogP) is 1.15. The van der Waals surface area contributed by atoms with Crippen molar-refractivity contribution in [3.05, 3.63) is 0 Å². The zero-order chi connectivity index (χ0) is 11.4. The fraction of sp³-hybridized carbons (Fsp3) is 1.00. The van der Waals surface area contributed by atoms with Gasteiger partial charge in [0.25, 0.3) is 0 Å². The molecule has 94 valence electrons. The molecule has 16 heavy (non-hydrogen) atoms. The first-order valence-electron chi connectivity index (χ1n) is 6.93. The standard InChI is InChI=1S/C13H27N3/c1-12(14-2)11-15-7-9-16(10-8-15)13-5-3-4-6-13/h12-14H,3-11H2,1-2H3. The fourth-order valence-corrected chi connectivity index (χ4v) is 3.06. The van der Waals surface area contributed by atoms with Gasteiger partial charge in [0.1, 0.15) is 0 Å². The van der Waals surface area contributed by atoms with Crippen molar-refractivity contribution in [2.24, 2.45) is 0 Å². The minimum Gasteiger partial charge on any atom is -0.316 e. The summed E-state index contributed by atoms with van der Waals surface area (Å²) >= 11 is 0. The highest BCUT2D eigenvalue weighted by Crippen LogP contribution is 2.24. The van der Waals surface area contributed by atoms with Gasteiger partial charge in [-0.3, -0.25) is 9.80 Å². The predicted molar refractivity (Wildman–Crippen MR) is 68.8 cm³/mol. The van der Waals surface area contributed by atoms with Crippen molar-refractivity contribution in [1.29, 1.82) is 0 Å². The molecule has 1 atom stereocenters. The molecule has 1 saturated heterocycles. The van der Waals surface area contributed by atoms with E-state index in [0.717, 1.165) is 6.04 Å². The number of hydrogen-bond donors (Lipinski definition) is 1. The summed E-state index contributed by atoms with van der Waals surface area (Å²) in [6, 6.07) is 1.54. The molecule has 1 saturated carbocycles.